The molecule has 1 amide bonds. The molecule has 150 valence electrons. The number of hydrogen-bond donors (Lipinski definition) is 0. The number of halogens is 1. The van der Waals surface area contributed by atoms with Gasteiger partial charge < -0.3 is 14.4 Å². The average molecular weight is 403 g/mol. The molecule has 0 N–H and O–H groups in total. The minimum Gasteiger partial charge on any atom is -0.444 e. The highest BCUT2D eigenvalue weighted by atomic mass is 35.5. The van der Waals surface area contributed by atoms with E-state index >= 15 is 0 Å². The molecule has 6 heteroatoms. The summed E-state index contributed by atoms with van der Waals surface area (Å²) < 4.78 is 11.9. The minimum absolute atomic E-state index is 0.0429. The SMILES string of the molecule is CC(C)(C)OC(=O)N1CCC(O[C@@H](c2ccc(Cl)cc2)c2ccccn2)CC1. The topological polar surface area (TPSA) is 51.7 Å². The molecule has 5 nitrogen and oxygen atoms in total. The molecule has 1 saturated heterocycles. The molecule has 0 saturated carbocycles. The van der Waals surface area contributed by atoms with E-state index in [-0.39, 0.29) is 18.3 Å². The molecule has 1 aromatic carbocycles. The highest BCUT2D eigenvalue weighted by Gasteiger charge is 2.29. The summed E-state index contributed by atoms with van der Waals surface area (Å²) in [4.78, 5) is 18.5. The molecule has 0 spiro atoms. The fraction of sp³-hybridized carbons (Fsp3) is 0.455. The fourth-order valence-electron chi connectivity index (χ4n) is 3.18. The van der Waals surface area contributed by atoms with E-state index in [1.54, 1.807) is 11.1 Å². The Labute approximate surface area is 171 Å². The fourth-order valence-corrected chi connectivity index (χ4v) is 3.31. The molecule has 2 heterocycles. The highest BCUT2D eigenvalue weighted by molar-refractivity contribution is 6.30. The molecule has 0 bridgehead atoms. The number of ether oxygens (including phenoxy) is 2. The van der Waals surface area contributed by atoms with Gasteiger partial charge in [-0.3, -0.25) is 4.98 Å². The Morgan fingerprint density at radius 1 is 1.14 bits per heavy atom. The first-order valence-electron chi connectivity index (χ1n) is 9.61. The van der Waals surface area contributed by atoms with Crippen molar-refractivity contribution < 1.29 is 14.3 Å². The molecule has 1 fully saturated rings. The number of carbonyl (C=O) groups is 1. The van der Waals surface area contributed by atoms with Gasteiger partial charge in [-0.2, -0.15) is 0 Å². The standard InChI is InChI=1S/C22H27ClN2O3/c1-22(2,3)28-21(26)25-14-11-18(12-15-25)27-20(19-6-4-5-13-24-19)16-7-9-17(23)10-8-16/h4-10,13,18,20H,11-12,14-15H2,1-3H3/t20-/m0/s1. The molecular weight excluding hydrogens is 376 g/mol. The van der Waals surface area contributed by atoms with Crippen molar-refractivity contribution >= 4 is 17.7 Å². The minimum atomic E-state index is -0.483. The van der Waals surface area contributed by atoms with Crippen LogP contribution in [0.2, 0.25) is 5.02 Å². The van der Waals surface area contributed by atoms with Gasteiger partial charge in [-0.25, -0.2) is 4.79 Å². The zero-order valence-electron chi connectivity index (χ0n) is 16.6. The van der Waals surface area contributed by atoms with E-state index in [0.717, 1.165) is 24.1 Å². The van der Waals surface area contributed by atoms with Crippen molar-refractivity contribution in [3.63, 3.8) is 0 Å². The monoisotopic (exact) mass is 402 g/mol. The van der Waals surface area contributed by atoms with Crippen LogP contribution in [0.3, 0.4) is 0 Å². The first kappa shape index (κ1) is 20.6. The quantitative estimate of drug-likeness (QED) is 0.701. The molecule has 1 atom stereocenters. The summed E-state index contributed by atoms with van der Waals surface area (Å²) in [5.41, 5.74) is 1.39. The van der Waals surface area contributed by atoms with Gasteiger partial charge in [-0.15, -0.1) is 0 Å². The van der Waals surface area contributed by atoms with E-state index in [1.807, 2.05) is 63.2 Å². The summed E-state index contributed by atoms with van der Waals surface area (Å²) in [5, 5.41) is 0.689. The first-order chi connectivity index (χ1) is 13.3. The maximum Gasteiger partial charge on any atom is 0.410 e. The number of piperidine rings is 1. The van der Waals surface area contributed by atoms with Gasteiger partial charge in [-0.05, 0) is 63.4 Å². The Morgan fingerprint density at radius 3 is 2.39 bits per heavy atom. The molecule has 0 radical (unpaired) electrons. The number of amides is 1. The third-order valence-corrected chi connectivity index (χ3v) is 4.80. The van der Waals surface area contributed by atoms with Crippen molar-refractivity contribution in [1.82, 2.24) is 9.88 Å². The molecule has 1 aliphatic rings. The van der Waals surface area contributed by atoms with Crippen molar-refractivity contribution in [3.8, 4) is 0 Å². The van der Waals surface area contributed by atoms with Crippen molar-refractivity contribution in [3.05, 3.63) is 64.9 Å². The molecule has 0 aliphatic carbocycles. The van der Waals surface area contributed by atoms with E-state index in [1.165, 1.54) is 0 Å². The summed E-state index contributed by atoms with van der Waals surface area (Å²) in [6.45, 7) is 6.88. The number of hydrogen-bond acceptors (Lipinski definition) is 4. The predicted molar refractivity (Wildman–Crippen MR) is 109 cm³/mol. The van der Waals surface area contributed by atoms with E-state index < -0.39 is 5.60 Å². The Kier molecular flexibility index (Phi) is 6.57. The van der Waals surface area contributed by atoms with Gasteiger partial charge in [0.2, 0.25) is 0 Å². The Morgan fingerprint density at radius 2 is 1.82 bits per heavy atom. The van der Waals surface area contributed by atoms with Crippen LogP contribution in [0.4, 0.5) is 4.79 Å². The van der Waals surface area contributed by atoms with E-state index in [0.29, 0.717) is 18.1 Å². The van der Waals surface area contributed by atoms with E-state index in [2.05, 4.69) is 4.98 Å². The molecule has 28 heavy (non-hydrogen) atoms. The summed E-state index contributed by atoms with van der Waals surface area (Å²) >= 11 is 6.04. The van der Waals surface area contributed by atoms with Gasteiger partial charge in [-0.1, -0.05) is 29.8 Å². The lowest BCUT2D eigenvalue weighted by molar-refractivity contribution is -0.0350. The average Bonchev–Trinajstić information content (AvgIpc) is 2.67. The number of benzene rings is 1. The van der Waals surface area contributed by atoms with Crippen molar-refractivity contribution in [2.45, 2.75) is 51.4 Å². The van der Waals surface area contributed by atoms with Crippen LogP contribution in [0.15, 0.2) is 48.7 Å². The van der Waals surface area contributed by atoms with Gasteiger partial charge in [0.1, 0.15) is 11.7 Å². The van der Waals surface area contributed by atoms with Crippen LogP contribution in [0.5, 0.6) is 0 Å². The Hall–Kier alpha value is -2.11. The molecule has 0 unspecified atom stereocenters. The second-order valence-electron chi connectivity index (χ2n) is 7.99. The zero-order chi connectivity index (χ0) is 20.1. The van der Waals surface area contributed by atoms with Gasteiger partial charge in [0, 0.05) is 24.3 Å². The molecule has 3 rings (SSSR count). The molecule has 2 aromatic rings. The largest absolute Gasteiger partial charge is 0.444 e. The van der Waals surface area contributed by atoms with Gasteiger partial charge in [0.25, 0.3) is 0 Å². The smallest absolute Gasteiger partial charge is 0.410 e. The number of aromatic nitrogens is 1. The van der Waals surface area contributed by atoms with Crippen LogP contribution in [-0.2, 0) is 9.47 Å². The number of pyridine rings is 1. The van der Waals surface area contributed by atoms with Crippen LogP contribution >= 0.6 is 11.6 Å². The van der Waals surface area contributed by atoms with Crippen LogP contribution in [0.1, 0.15) is 51.0 Å². The second-order valence-corrected chi connectivity index (χ2v) is 8.43. The summed E-state index contributed by atoms with van der Waals surface area (Å²) in [6, 6.07) is 13.5. The Bertz CT molecular complexity index is 767. The van der Waals surface area contributed by atoms with Crippen molar-refractivity contribution in [2.24, 2.45) is 0 Å². The summed E-state index contributed by atoms with van der Waals surface area (Å²) in [5.74, 6) is 0. The van der Waals surface area contributed by atoms with E-state index in [9.17, 15) is 4.79 Å². The summed E-state index contributed by atoms with van der Waals surface area (Å²) in [6.07, 6.45) is 2.81. The molecular formula is C22H27ClN2O3. The molecule has 1 aliphatic heterocycles. The van der Waals surface area contributed by atoms with Crippen LogP contribution in [0.25, 0.3) is 0 Å². The zero-order valence-corrected chi connectivity index (χ0v) is 17.4. The number of likely N-dealkylation sites (tertiary alicyclic amines) is 1. The van der Waals surface area contributed by atoms with Gasteiger partial charge in [0.05, 0.1) is 11.8 Å². The lowest BCUT2D eigenvalue weighted by Gasteiger charge is -2.34. The maximum absolute atomic E-state index is 12.3. The first-order valence-corrected chi connectivity index (χ1v) is 9.99. The van der Waals surface area contributed by atoms with Crippen LogP contribution < -0.4 is 0 Å². The third-order valence-electron chi connectivity index (χ3n) is 4.55. The number of nitrogens with zero attached hydrogens (tertiary/aromatic N) is 2. The summed E-state index contributed by atoms with van der Waals surface area (Å²) in [7, 11) is 0. The third kappa shape index (κ3) is 5.69. The number of carbonyl (C=O) groups excluding carboxylic acids is 1. The maximum atomic E-state index is 12.3. The van der Waals surface area contributed by atoms with E-state index in [4.69, 9.17) is 21.1 Å². The van der Waals surface area contributed by atoms with Gasteiger partial charge >= 0.3 is 6.09 Å². The molecule has 1 aromatic heterocycles. The highest BCUT2D eigenvalue weighted by Crippen LogP contribution is 2.30. The lowest BCUT2D eigenvalue weighted by atomic mass is 10.0. The van der Waals surface area contributed by atoms with Gasteiger partial charge in [0.15, 0.2) is 0 Å². The normalized spacial score (nSPS) is 16.6. The van der Waals surface area contributed by atoms with Crippen molar-refractivity contribution in [2.75, 3.05) is 13.1 Å². The van der Waals surface area contributed by atoms with Crippen molar-refractivity contribution in [1.29, 1.82) is 0 Å². The van der Waals surface area contributed by atoms with Crippen LogP contribution in [-0.4, -0.2) is 40.8 Å². The lowest BCUT2D eigenvalue weighted by Crippen LogP contribution is -2.43. The second kappa shape index (κ2) is 8.93. The Balaban J connectivity index is 1.66. The predicted octanol–water partition coefficient (Wildman–Crippen LogP) is 5.24. The van der Waals surface area contributed by atoms with Crippen LogP contribution in [0, 0.1) is 0 Å². The number of rotatable bonds is 4.